The summed E-state index contributed by atoms with van der Waals surface area (Å²) in [5.74, 6) is 3.11. The predicted octanol–water partition coefficient (Wildman–Crippen LogP) is 4.23. The second-order valence-electron chi connectivity index (χ2n) is 7.92. The Labute approximate surface area is 170 Å². The largest absolute Gasteiger partial charge is 0.412 e. The third-order valence-corrected chi connectivity index (χ3v) is 6.01. The van der Waals surface area contributed by atoms with Gasteiger partial charge in [-0.2, -0.15) is 0 Å². The molecule has 2 fully saturated rings. The van der Waals surface area contributed by atoms with Crippen LogP contribution in [0, 0.1) is 23.7 Å². The zero-order valence-electron chi connectivity index (χ0n) is 16.3. The van der Waals surface area contributed by atoms with Crippen LogP contribution in [0.15, 0.2) is 60.7 Å². The molecule has 2 aromatic rings. The summed E-state index contributed by atoms with van der Waals surface area (Å²) in [4.78, 5) is 24.1. The van der Waals surface area contributed by atoms with Gasteiger partial charge in [0.05, 0.1) is 0 Å². The van der Waals surface area contributed by atoms with E-state index in [4.69, 9.17) is 9.47 Å². The summed E-state index contributed by atoms with van der Waals surface area (Å²) in [6, 6.07) is 18.1. The number of hydrogen-bond acceptors (Lipinski definition) is 4. The maximum atomic E-state index is 12.0. The molecule has 2 atom stereocenters. The average molecular weight is 394 g/mol. The highest BCUT2D eigenvalue weighted by Gasteiger charge is 2.45. The molecular weight excluding hydrogens is 368 g/mol. The van der Waals surface area contributed by atoms with Gasteiger partial charge in [0, 0.05) is 13.1 Å². The van der Waals surface area contributed by atoms with E-state index in [9.17, 15) is 9.59 Å². The van der Waals surface area contributed by atoms with Gasteiger partial charge in [-0.25, -0.2) is 9.59 Å². The Morgan fingerprint density at radius 3 is 1.59 bits per heavy atom. The summed E-state index contributed by atoms with van der Waals surface area (Å²) in [5.41, 5.74) is 0. The number of carbonyl (C=O) groups excluding carboxylic acids is 2. The number of para-hydroxylation sites is 2. The van der Waals surface area contributed by atoms with Gasteiger partial charge in [0.15, 0.2) is 0 Å². The quantitative estimate of drug-likeness (QED) is 0.769. The fraction of sp³-hybridized carbons (Fsp3) is 0.391. The van der Waals surface area contributed by atoms with Crippen LogP contribution in [-0.4, -0.2) is 25.3 Å². The van der Waals surface area contributed by atoms with Gasteiger partial charge in [-0.05, 0) is 67.2 Å². The third kappa shape index (κ3) is 5.08. The first-order chi connectivity index (χ1) is 14.2. The minimum absolute atomic E-state index is 0.417. The van der Waals surface area contributed by atoms with Crippen LogP contribution in [0.2, 0.25) is 0 Å². The fourth-order valence-electron chi connectivity index (χ4n) is 4.81. The Morgan fingerprint density at radius 2 is 1.17 bits per heavy atom. The molecule has 2 unspecified atom stereocenters. The zero-order chi connectivity index (χ0) is 20.1. The zero-order valence-corrected chi connectivity index (χ0v) is 16.3. The molecule has 6 heteroatoms. The van der Waals surface area contributed by atoms with Crippen molar-refractivity contribution in [2.75, 3.05) is 13.1 Å². The molecule has 0 aliphatic heterocycles. The molecule has 4 rings (SSSR count). The summed E-state index contributed by atoms with van der Waals surface area (Å²) in [7, 11) is 0. The Hall–Kier alpha value is -3.02. The molecule has 2 aliphatic rings. The molecule has 2 aromatic carbocycles. The third-order valence-electron chi connectivity index (χ3n) is 6.01. The van der Waals surface area contributed by atoms with Crippen molar-refractivity contribution in [3.63, 3.8) is 0 Å². The first-order valence-corrected chi connectivity index (χ1v) is 10.2. The van der Waals surface area contributed by atoms with Gasteiger partial charge in [-0.3, -0.25) is 0 Å². The van der Waals surface area contributed by atoms with Crippen molar-refractivity contribution >= 4 is 12.2 Å². The van der Waals surface area contributed by atoms with Gasteiger partial charge < -0.3 is 20.1 Å². The molecule has 0 spiro atoms. The first-order valence-electron chi connectivity index (χ1n) is 10.2. The molecule has 0 saturated heterocycles. The summed E-state index contributed by atoms with van der Waals surface area (Å²) in [6.45, 7) is 1.22. The van der Waals surface area contributed by atoms with Crippen LogP contribution >= 0.6 is 0 Å². The van der Waals surface area contributed by atoms with Gasteiger partial charge in [0.25, 0.3) is 0 Å². The Balaban J connectivity index is 1.21. The number of nitrogens with one attached hydrogen (secondary N) is 2. The van der Waals surface area contributed by atoms with Crippen molar-refractivity contribution in [3.8, 4) is 11.5 Å². The second kappa shape index (κ2) is 8.99. The Kier molecular flexibility index (Phi) is 5.98. The van der Waals surface area contributed by atoms with Crippen LogP contribution in [0.1, 0.15) is 19.3 Å². The van der Waals surface area contributed by atoms with Crippen molar-refractivity contribution in [2.24, 2.45) is 23.7 Å². The topological polar surface area (TPSA) is 76.7 Å². The van der Waals surface area contributed by atoms with Gasteiger partial charge >= 0.3 is 12.2 Å². The molecule has 2 amide bonds. The van der Waals surface area contributed by atoms with E-state index >= 15 is 0 Å². The second-order valence-corrected chi connectivity index (χ2v) is 7.92. The molecule has 152 valence electrons. The minimum atomic E-state index is -0.417. The number of amides is 2. The lowest BCUT2D eigenvalue weighted by molar-refractivity contribution is 0.181. The lowest BCUT2D eigenvalue weighted by Gasteiger charge is -2.29. The van der Waals surface area contributed by atoms with Gasteiger partial charge in [0.1, 0.15) is 11.5 Å². The Bertz CT molecular complexity index is 760. The van der Waals surface area contributed by atoms with Crippen LogP contribution in [-0.2, 0) is 0 Å². The molecular formula is C23H26N2O4. The lowest BCUT2D eigenvalue weighted by Crippen LogP contribution is -2.39. The van der Waals surface area contributed by atoms with Crippen LogP contribution in [0.3, 0.4) is 0 Å². The molecule has 29 heavy (non-hydrogen) atoms. The molecule has 2 aliphatic carbocycles. The molecule has 6 nitrogen and oxygen atoms in total. The van der Waals surface area contributed by atoms with E-state index in [2.05, 4.69) is 10.6 Å². The minimum Gasteiger partial charge on any atom is -0.410 e. The Morgan fingerprint density at radius 1 is 0.724 bits per heavy atom. The maximum absolute atomic E-state index is 12.0. The van der Waals surface area contributed by atoms with Crippen LogP contribution in [0.4, 0.5) is 9.59 Å². The first kappa shape index (κ1) is 19.3. The number of benzene rings is 2. The van der Waals surface area contributed by atoms with Crippen molar-refractivity contribution in [3.05, 3.63) is 60.7 Å². The lowest BCUT2D eigenvalue weighted by atomic mass is 9.80. The van der Waals surface area contributed by atoms with Crippen molar-refractivity contribution in [1.29, 1.82) is 0 Å². The predicted molar refractivity (Wildman–Crippen MR) is 109 cm³/mol. The number of carbonyl (C=O) groups is 2. The summed E-state index contributed by atoms with van der Waals surface area (Å²) >= 11 is 0. The SMILES string of the molecule is O=C(NCC1CC2CC(CNC(=O)Oc3ccccc3)C1C2)Oc1ccccc1. The maximum Gasteiger partial charge on any atom is 0.412 e. The number of fused-ring (bicyclic) bond motifs is 2. The van der Waals surface area contributed by atoms with Crippen LogP contribution < -0.4 is 20.1 Å². The van der Waals surface area contributed by atoms with Gasteiger partial charge in [-0.1, -0.05) is 36.4 Å². The smallest absolute Gasteiger partial charge is 0.410 e. The molecule has 0 aromatic heterocycles. The van der Waals surface area contributed by atoms with E-state index in [1.165, 1.54) is 6.42 Å². The van der Waals surface area contributed by atoms with Crippen molar-refractivity contribution in [2.45, 2.75) is 19.3 Å². The highest BCUT2D eigenvalue weighted by atomic mass is 16.6. The van der Waals surface area contributed by atoms with E-state index in [-0.39, 0.29) is 0 Å². The molecule has 2 bridgehead atoms. The molecule has 0 radical (unpaired) electrons. The van der Waals surface area contributed by atoms with Gasteiger partial charge in [-0.15, -0.1) is 0 Å². The summed E-state index contributed by atoms with van der Waals surface area (Å²) in [5, 5.41) is 5.81. The molecule has 0 heterocycles. The average Bonchev–Trinajstić information content (AvgIpc) is 3.33. The number of hydrogen-bond donors (Lipinski definition) is 2. The normalized spacial score (nSPS) is 24.7. The van der Waals surface area contributed by atoms with Gasteiger partial charge in [0.2, 0.25) is 0 Å². The summed E-state index contributed by atoms with van der Waals surface area (Å²) in [6.07, 6.45) is 2.59. The van der Waals surface area contributed by atoms with E-state index in [1.807, 2.05) is 36.4 Å². The van der Waals surface area contributed by atoms with Crippen LogP contribution in [0.25, 0.3) is 0 Å². The van der Waals surface area contributed by atoms with E-state index in [0.717, 1.165) is 12.8 Å². The standard InChI is InChI=1S/C23H26N2O4/c26-22(28-19-7-3-1-4-8-19)24-14-17-11-16-12-18(21(17)13-16)15-25-23(27)29-20-9-5-2-6-10-20/h1-10,16-18,21H,11-15H2,(H,24,26)(H,25,27). The van der Waals surface area contributed by atoms with Crippen LogP contribution in [0.5, 0.6) is 11.5 Å². The molecule has 2 saturated carbocycles. The van der Waals surface area contributed by atoms with E-state index in [0.29, 0.717) is 48.3 Å². The number of ether oxygens (including phenoxy) is 2. The molecule has 2 N–H and O–H groups in total. The number of rotatable bonds is 6. The summed E-state index contributed by atoms with van der Waals surface area (Å²) < 4.78 is 10.6. The van der Waals surface area contributed by atoms with E-state index in [1.54, 1.807) is 24.3 Å². The van der Waals surface area contributed by atoms with Crippen molar-refractivity contribution in [1.82, 2.24) is 10.6 Å². The highest BCUT2D eigenvalue weighted by Crippen LogP contribution is 2.51. The van der Waals surface area contributed by atoms with E-state index < -0.39 is 12.2 Å². The van der Waals surface area contributed by atoms with Crippen molar-refractivity contribution < 1.29 is 19.1 Å². The fourth-order valence-corrected chi connectivity index (χ4v) is 4.81. The monoisotopic (exact) mass is 394 g/mol. The highest BCUT2D eigenvalue weighted by molar-refractivity contribution is 5.70.